The predicted octanol–water partition coefficient (Wildman–Crippen LogP) is 2.17. The number of carbonyl (C=O) groups excluding carboxylic acids is 2. The molecule has 166 valence electrons. The first kappa shape index (κ1) is 21.6. The zero-order valence-electron chi connectivity index (χ0n) is 18.1. The van der Waals surface area contributed by atoms with Crippen LogP contribution < -0.4 is 14.8 Å². The standard InChI is InChI=1S/C22H28N4O4S/c1-14-20(31-21(23-14)15-4-7-17(29-2)18(12-15)30-3)22(28)26-10-8-25(9-11-26)13-19(27)24-16-5-6-16/h4,7,12,16H,5-6,8-11,13H2,1-3H3,(H,24,27). The summed E-state index contributed by atoms with van der Waals surface area (Å²) in [5.74, 6) is 1.37. The van der Waals surface area contributed by atoms with Crippen LogP contribution in [0, 0.1) is 6.92 Å². The zero-order valence-corrected chi connectivity index (χ0v) is 19.0. The third kappa shape index (κ3) is 4.99. The Morgan fingerprint density at radius 2 is 1.84 bits per heavy atom. The Balaban J connectivity index is 1.39. The molecule has 2 fully saturated rings. The van der Waals surface area contributed by atoms with Crippen LogP contribution in [-0.4, -0.2) is 79.6 Å². The van der Waals surface area contributed by atoms with Crippen LogP contribution in [-0.2, 0) is 4.79 Å². The molecule has 0 bridgehead atoms. The smallest absolute Gasteiger partial charge is 0.265 e. The van der Waals surface area contributed by atoms with Crippen molar-refractivity contribution in [1.82, 2.24) is 20.1 Å². The van der Waals surface area contributed by atoms with E-state index in [-0.39, 0.29) is 11.8 Å². The molecule has 2 heterocycles. The predicted molar refractivity (Wildman–Crippen MR) is 119 cm³/mol. The number of piperazine rings is 1. The number of aryl methyl sites for hydroxylation is 1. The van der Waals surface area contributed by atoms with E-state index >= 15 is 0 Å². The van der Waals surface area contributed by atoms with Crippen LogP contribution in [0.1, 0.15) is 28.2 Å². The van der Waals surface area contributed by atoms with Gasteiger partial charge in [-0.2, -0.15) is 0 Å². The number of rotatable bonds is 7. The van der Waals surface area contributed by atoms with E-state index in [9.17, 15) is 9.59 Å². The molecule has 0 spiro atoms. The number of aromatic nitrogens is 1. The number of carbonyl (C=O) groups is 2. The average Bonchev–Trinajstić information content (AvgIpc) is 3.51. The first-order valence-electron chi connectivity index (χ1n) is 10.5. The molecule has 4 rings (SSSR count). The van der Waals surface area contributed by atoms with Crippen molar-refractivity contribution >= 4 is 23.2 Å². The summed E-state index contributed by atoms with van der Waals surface area (Å²) in [7, 11) is 3.19. The molecule has 31 heavy (non-hydrogen) atoms. The molecule has 0 unspecified atom stereocenters. The molecule has 1 aromatic heterocycles. The van der Waals surface area contributed by atoms with Gasteiger partial charge in [-0.05, 0) is 38.0 Å². The quantitative estimate of drug-likeness (QED) is 0.705. The van der Waals surface area contributed by atoms with Crippen LogP contribution in [0.5, 0.6) is 11.5 Å². The van der Waals surface area contributed by atoms with Crippen LogP contribution >= 0.6 is 11.3 Å². The van der Waals surface area contributed by atoms with Crippen molar-refractivity contribution in [3.05, 3.63) is 28.8 Å². The third-order valence-electron chi connectivity index (χ3n) is 5.59. The number of hydrogen-bond donors (Lipinski definition) is 1. The second-order valence-corrected chi connectivity index (χ2v) is 8.91. The molecule has 1 saturated heterocycles. The summed E-state index contributed by atoms with van der Waals surface area (Å²) >= 11 is 1.40. The summed E-state index contributed by atoms with van der Waals surface area (Å²) in [5, 5.41) is 3.79. The summed E-state index contributed by atoms with van der Waals surface area (Å²) in [5.41, 5.74) is 1.61. The first-order valence-corrected chi connectivity index (χ1v) is 11.3. The van der Waals surface area contributed by atoms with Crippen molar-refractivity contribution in [2.24, 2.45) is 0 Å². The number of nitrogens with one attached hydrogen (secondary N) is 1. The van der Waals surface area contributed by atoms with Gasteiger partial charge in [-0.15, -0.1) is 11.3 Å². The lowest BCUT2D eigenvalue weighted by atomic mass is 10.2. The highest BCUT2D eigenvalue weighted by molar-refractivity contribution is 7.17. The van der Waals surface area contributed by atoms with Gasteiger partial charge in [0, 0.05) is 37.8 Å². The van der Waals surface area contributed by atoms with Gasteiger partial charge >= 0.3 is 0 Å². The van der Waals surface area contributed by atoms with E-state index in [2.05, 4.69) is 15.2 Å². The Bertz CT molecular complexity index is 964. The minimum Gasteiger partial charge on any atom is -0.493 e. The molecular weight excluding hydrogens is 416 g/mol. The van der Waals surface area contributed by atoms with Crippen LogP contribution in [0.4, 0.5) is 0 Å². The van der Waals surface area contributed by atoms with E-state index in [0.29, 0.717) is 55.1 Å². The molecular formula is C22H28N4O4S. The van der Waals surface area contributed by atoms with Crippen molar-refractivity contribution in [3.63, 3.8) is 0 Å². The summed E-state index contributed by atoms with van der Waals surface area (Å²) in [4.78, 5) is 34.4. The van der Waals surface area contributed by atoms with Gasteiger partial charge in [0.2, 0.25) is 5.91 Å². The van der Waals surface area contributed by atoms with Crippen LogP contribution in [0.2, 0.25) is 0 Å². The third-order valence-corrected chi connectivity index (χ3v) is 6.79. The second kappa shape index (κ2) is 9.23. The van der Waals surface area contributed by atoms with Gasteiger partial charge < -0.3 is 19.7 Å². The molecule has 1 aromatic carbocycles. The van der Waals surface area contributed by atoms with Crippen molar-refractivity contribution in [2.75, 3.05) is 46.9 Å². The monoisotopic (exact) mass is 444 g/mol. The summed E-state index contributed by atoms with van der Waals surface area (Å²) in [6.45, 7) is 4.89. The Morgan fingerprint density at radius 1 is 1.13 bits per heavy atom. The molecule has 0 radical (unpaired) electrons. The highest BCUT2D eigenvalue weighted by Gasteiger charge is 2.28. The van der Waals surface area contributed by atoms with Gasteiger partial charge in [-0.25, -0.2) is 4.98 Å². The maximum absolute atomic E-state index is 13.1. The average molecular weight is 445 g/mol. The van der Waals surface area contributed by atoms with E-state index in [1.807, 2.05) is 30.0 Å². The zero-order chi connectivity index (χ0) is 22.0. The lowest BCUT2D eigenvalue weighted by Gasteiger charge is -2.34. The number of hydrogen-bond acceptors (Lipinski definition) is 7. The number of nitrogens with zero attached hydrogens (tertiary/aromatic N) is 3. The molecule has 1 aliphatic carbocycles. The topological polar surface area (TPSA) is 84.0 Å². The van der Waals surface area contributed by atoms with E-state index in [4.69, 9.17) is 9.47 Å². The maximum atomic E-state index is 13.1. The van der Waals surface area contributed by atoms with Gasteiger partial charge in [0.25, 0.3) is 5.91 Å². The Kier molecular flexibility index (Phi) is 6.43. The normalized spacial score (nSPS) is 16.8. The molecule has 2 amide bonds. The lowest BCUT2D eigenvalue weighted by Crippen LogP contribution is -2.51. The Morgan fingerprint density at radius 3 is 2.48 bits per heavy atom. The molecule has 0 atom stereocenters. The number of ether oxygens (including phenoxy) is 2. The number of benzene rings is 1. The summed E-state index contributed by atoms with van der Waals surface area (Å²) in [6.07, 6.45) is 2.18. The maximum Gasteiger partial charge on any atom is 0.265 e. The van der Waals surface area contributed by atoms with E-state index in [0.717, 1.165) is 29.1 Å². The fourth-order valence-corrected chi connectivity index (χ4v) is 4.67. The van der Waals surface area contributed by atoms with Crippen LogP contribution in [0.15, 0.2) is 18.2 Å². The van der Waals surface area contributed by atoms with Gasteiger partial charge in [-0.1, -0.05) is 0 Å². The SMILES string of the molecule is COc1ccc(-c2nc(C)c(C(=O)N3CCN(CC(=O)NC4CC4)CC3)s2)cc1OC. The number of methoxy groups -OCH3 is 2. The van der Waals surface area contributed by atoms with Crippen molar-refractivity contribution in [2.45, 2.75) is 25.8 Å². The van der Waals surface area contributed by atoms with Gasteiger partial charge in [-0.3, -0.25) is 14.5 Å². The molecule has 8 nitrogen and oxygen atoms in total. The van der Waals surface area contributed by atoms with Crippen molar-refractivity contribution in [3.8, 4) is 22.1 Å². The molecule has 2 aliphatic rings. The van der Waals surface area contributed by atoms with Crippen molar-refractivity contribution < 1.29 is 19.1 Å². The lowest BCUT2D eigenvalue weighted by molar-refractivity contribution is -0.122. The summed E-state index contributed by atoms with van der Waals surface area (Å²) < 4.78 is 10.7. The number of thiazole rings is 1. The minimum absolute atomic E-state index is 0.00353. The first-order chi connectivity index (χ1) is 15.0. The molecule has 1 aliphatic heterocycles. The molecule has 2 aromatic rings. The van der Waals surface area contributed by atoms with E-state index < -0.39 is 0 Å². The van der Waals surface area contributed by atoms with Crippen molar-refractivity contribution in [1.29, 1.82) is 0 Å². The fraction of sp³-hybridized carbons (Fsp3) is 0.500. The molecule has 1 N–H and O–H groups in total. The largest absolute Gasteiger partial charge is 0.493 e. The van der Waals surface area contributed by atoms with E-state index in [1.165, 1.54) is 11.3 Å². The van der Waals surface area contributed by atoms with Crippen LogP contribution in [0.25, 0.3) is 10.6 Å². The molecule has 1 saturated carbocycles. The summed E-state index contributed by atoms with van der Waals surface area (Å²) in [6, 6.07) is 6.01. The second-order valence-electron chi connectivity index (χ2n) is 7.91. The van der Waals surface area contributed by atoms with Gasteiger partial charge in [0.1, 0.15) is 9.88 Å². The molecule has 9 heteroatoms. The Hall–Kier alpha value is -2.65. The van der Waals surface area contributed by atoms with Gasteiger partial charge in [0.15, 0.2) is 11.5 Å². The van der Waals surface area contributed by atoms with Crippen LogP contribution in [0.3, 0.4) is 0 Å². The van der Waals surface area contributed by atoms with E-state index in [1.54, 1.807) is 14.2 Å². The van der Waals surface area contributed by atoms with Gasteiger partial charge in [0.05, 0.1) is 26.5 Å². The highest BCUT2D eigenvalue weighted by atomic mass is 32.1. The number of amides is 2. The Labute approximate surface area is 186 Å². The minimum atomic E-state index is 0.00353. The highest BCUT2D eigenvalue weighted by Crippen LogP contribution is 2.35. The fourth-order valence-electron chi connectivity index (χ4n) is 3.64.